The van der Waals surface area contributed by atoms with Gasteiger partial charge in [0.05, 0.1) is 0 Å². The third-order valence-electron chi connectivity index (χ3n) is 2.73. The van der Waals surface area contributed by atoms with Crippen LogP contribution in [0.2, 0.25) is 0 Å². The Hall–Kier alpha value is -0.330. The van der Waals surface area contributed by atoms with Gasteiger partial charge in [-0.3, -0.25) is 4.79 Å². The summed E-state index contributed by atoms with van der Waals surface area (Å²) in [5, 5.41) is 0. The van der Waals surface area contributed by atoms with Crippen molar-refractivity contribution in [3.8, 4) is 0 Å². The smallest absolute Gasteiger partial charge is 0.135 e. The number of Topliss-reactive ketones (excluding diaryl/α,β-unsaturated/α-hetero) is 1. The van der Waals surface area contributed by atoms with Crippen molar-refractivity contribution >= 4 is 5.78 Å². The van der Waals surface area contributed by atoms with Crippen LogP contribution in [0, 0.1) is 17.8 Å². The average Bonchev–Trinajstić information content (AvgIpc) is 2.14. The van der Waals surface area contributed by atoms with Crippen molar-refractivity contribution in [2.75, 3.05) is 0 Å². The van der Waals surface area contributed by atoms with Crippen LogP contribution in [0.5, 0.6) is 0 Å². The molecule has 1 unspecified atom stereocenters. The third kappa shape index (κ3) is 1.23. The van der Waals surface area contributed by atoms with Crippen LogP contribution in [-0.4, -0.2) is 5.78 Å². The van der Waals surface area contributed by atoms with Crippen molar-refractivity contribution in [2.45, 2.75) is 33.6 Å². The molecule has 1 heteroatoms. The van der Waals surface area contributed by atoms with Crippen LogP contribution in [0.25, 0.3) is 0 Å². The fourth-order valence-corrected chi connectivity index (χ4v) is 1.94. The molecular weight excluding hydrogens is 124 g/mol. The summed E-state index contributed by atoms with van der Waals surface area (Å²) < 4.78 is 0. The maximum Gasteiger partial charge on any atom is 0.135 e. The molecule has 10 heavy (non-hydrogen) atoms. The monoisotopic (exact) mass is 140 g/mol. The summed E-state index contributed by atoms with van der Waals surface area (Å²) in [7, 11) is 0. The third-order valence-corrected chi connectivity index (χ3v) is 2.73. The second kappa shape index (κ2) is 2.73. The minimum absolute atomic E-state index is 0.333. The van der Waals surface area contributed by atoms with E-state index in [9.17, 15) is 4.79 Å². The molecule has 1 aliphatic rings. The summed E-state index contributed by atoms with van der Waals surface area (Å²) in [4.78, 5) is 11.1. The molecule has 1 saturated carbocycles. The second-order valence-electron chi connectivity index (χ2n) is 3.70. The number of hydrogen-bond donors (Lipinski definition) is 0. The summed E-state index contributed by atoms with van der Waals surface area (Å²) in [5.74, 6) is 2.15. The lowest BCUT2D eigenvalue weighted by Crippen LogP contribution is -2.15. The molecule has 1 rings (SSSR count). The van der Waals surface area contributed by atoms with Crippen LogP contribution in [0.3, 0.4) is 0 Å². The molecule has 2 atom stereocenters. The van der Waals surface area contributed by atoms with Crippen LogP contribution in [0.1, 0.15) is 33.6 Å². The number of ketones is 1. The number of carbonyl (C=O) groups is 1. The minimum atomic E-state index is 0.333. The van der Waals surface area contributed by atoms with Gasteiger partial charge in [0.15, 0.2) is 0 Å². The summed E-state index contributed by atoms with van der Waals surface area (Å²) >= 11 is 0. The summed E-state index contributed by atoms with van der Waals surface area (Å²) in [5.41, 5.74) is 0. The Bertz CT molecular complexity index is 138. The van der Waals surface area contributed by atoms with Crippen LogP contribution in [0.4, 0.5) is 0 Å². The normalized spacial score (nSPS) is 33.8. The molecule has 0 aromatic heterocycles. The molecule has 0 spiro atoms. The predicted molar refractivity (Wildman–Crippen MR) is 41.7 cm³/mol. The van der Waals surface area contributed by atoms with E-state index in [-0.39, 0.29) is 0 Å². The number of hydrogen-bond acceptors (Lipinski definition) is 1. The van der Waals surface area contributed by atoms with Gasteiger partial charge < -0.3 is 0 Å². The van der Waals surface area contributed by atoms with Gasteiger partial charge in [0.25, 0.3) is 0 Å². The minimum Gasteiger partial charge on any atom is -0.299 e. The highest BCUT2D eigenvalue weighted by atomic mass is 16.1. The molecule has 0 bridgehead atoms. The quantitative estimate of drug-likeness (QED) is 0.546. The highest BCUT2D eigenvalue weighted by molar-refractivity contribution is 5.82. The van der Waals surface area contributed by atoms with Crippen molar-refractivity contribution in [3.05, 3.63) is 0 Å². The standard InChI is InChI=1S/C9H16O/c1-6(2)8-4-5-9(10)7(8)3/h6-8H,4-5H2,1-3H3/t7?,8-/m1/s1. The Morgan fingerprint density at radius 3 is 2.30 bits per heavy atom. The van der Waals surface area contributed by atoms with Gasteiger partial charge in [-0.25, -0.2) is 0 Å². The molecule has 0 amide bonds. The zero-order valence-electron chi connectivity index (χ0n) is 7.05. The molecule has 58 valence electrons. The lowest BCUT2D eigenvalue weighted by atomic mass is 9.87. The van der Waals surface area contributed by atoms with Crippen molar-refractivity contribution in [2.24, 2.45) is 17.8 Å². The van der Waals surface area contributed by atoms with Crippen molar-refractivity contribution in [3.63, 3.8) is 0 Å². The van der Waals surface area contributed by atoms with E-state index in [2.05, 4.69) is 20.8 Å². The van der Waals surface area contributed by atoms with E-state index >= 15 is 0 Å². The average molecular weight is 140 g/mol. The molecule has 0 heterocycles. The zero-order valence-corrected chi connectivity index (χ0v) is 7.05. The zero-order chi connectivity index (χ0) is 7.72. The number of rotatable bonds is 1. The predicted octanol–water partition coefficient (Wildman–Crippen LogP) is 2.26. The van der Waals surface area contributed by atoms with Crippen molar-refractivity contribution in [1.82, 2.24) is 0 Å². The Labute approximate surface area is 62.8 Å². The maximum atomic E-state index is 11.1. The van der Waals surface area contributed by atoms with Gasteiger partial charge in [-0.1, -0.05) is 20.8 Å². The van der Waals surface area contributed by atoms with Gasteiger partial charge in [-0.2, -0.15) is 0 Å². The lowest BCUT2D eigenvalue weighted by Gasteiger charge is -2.17. The van der Waals surface area contributed by atoms with Gasteiger partial charge in [0.2, 0.25) is 0 Å². The molecule has 0 radical (unpaired) electrons. The van der Waals surface area contributed by atoms with Gasteiger partial charge >= 0.3 is 0 Å². The molecule has 1 fully saturated rings. The van der Waals surface area contributed by atoms with E-state index in [4.69, 9.17) is 0 Å². The van der Waals surface area contributed by atoms with Crippen LogP contribution < -0.4 is 0 Å². The first-order chi connectivity index (χ1) is 4.63. The molecule has 1 aliphatic carbocycles. The van der Waals surface area contributed by atoms with E-state index in [0.717, 1.165) is 12.8 Å². The molecule has 0 aliphatic heterocycles. The highest BCUT2D eigenvalue weighted by Gasteiger charge is 2.32. The Balaban J connectivity index is 2.57. The molecule has 0 saturated heterocycles. The number of carbonyl (C=O) groups excluding carboxylic acids is 1. The van der Waals surface area contributed by atoms with E-state index < -0.39 is 0 Å². The van der Waals surface area contributed by atoms with Gasteiger partial charge in [0, 0.05) is 12.3 Å². The van der Waals surface area contributed by atoms with Crippen molar-refractivity contribution in [1.29, 1.82) is 0 Å². The van der Waals surface area contributed by atoms with Crippen molar-refractivity contribution < 1.29 is 4.79 Å². The van der Waals surface area contributed by atoms with E-state index in [0.29, 0.717) is 23.5 Å². The SMILES string of the molecule is CC(C)[C@H]1CCC(=O)C1C. The lowest BCUT2D eigenvalue weighted by molar-refractivity contribution is -0.120. The molecular formula is C9H16O. The largest absolute Gasteiger partial charge is 0.299 e. The van der Waals surface area contributed by atoms with E-state index in [1.807, 2.05) is 0 Å². The first kappa shape index (κ1) is 7.77. The fourth-order valence-electron chi connectivity index (χ4n) is 1.94. The Morgan fingerprint density at radius 2 is 2.10 bits per heavy atom. The molecule has 0 N–H and O–H groups in total. The topological polar surface area (TPSA) is 17.1 Å². The maximum absolute atomic E-state index is 11.1. The van der Waals surface area contributed by atoms with E-state index in [1.165, 1.54) is 0 Å². The summed E-state index contributed by atoms with van der Waals surface area (Å²) in [6.07, 6.45) is 1.95. The van der Waals surface area contributed by atoms with Gasteiger partial charge in [-0.15, -0.1) is 0 Å². The first-order valence-electron chi connectivity index (χ1n) is 4.15. The van der Waals surface area contributed by atoms with E-state index in [1.54, 1.807) is 0 Å². The van der Waals surface area contributed by atoms with Crippen LogP contribution in [-0.2, 0) is 4.79 Å². The first-order valence-corrected chi connectivity index (χ1v) is 4.15. The van der Waals surface area contributed by atoms with Crippen LogP contribution in [0.15, 0.2) is 0 Å². The fraction of sp³-hybridized carbons (Fsp3) is 0.889. The van der Waals surface area contributed by atoms with Gasteiger partial charge in [0.1, 0.15) is 5.78 Å². The highest BCUT2D eigenvalue weighted by Crippen LogP contribution is 2.33. The second-order valence-corrected chi connectivity index (χ2v) is 3.70. The Morgan fingerprint density at radius 1 is 1.50 bits per heavy atom. The summed E-state index contributed by atoms with van der Waals surface area (Å²) in [6.45, 7) is 6.49. The molecule has 0 aromatic carbocycles. The molecule has 1 nitrogen and oxygen atoms in total. The Kier molecular flexibility index (Phi) is 2.12. The summed E-state index contributed by atoms with van der Waals surface area (Å²) in [6, 6.07) is 0. The molecule has 0 aromatic rings. The van der Waals surface area contributed by atoms with Crippen LogP contribution >= 0.6 is 0 Å². The van der Waals surface area contributed by atoms with Gasteiger partial charge in [-0.05, 0) is 18.3 Å².